The highest BCUT2D eigenvalue weighted by atomic mass is 19.4. The van der Waals surface area contributed by atoms with E-state index >= 15 is 0 Å². The van der Waals surface area contributed by atoms with Crippen molar-refractivity contribution in [2.45, 2.75) is 19.0 Å². The molecule has 0 aliphatic heterocycles. The van der Waals surface area contributed by atoms with Crippen molar-refractivity contribution in [1.29, 1.82) is 0 Å². The molecular weight excluding hydrogens is 305 g/mol. The number of rotatable bonds is 3. The molecule has 1 aromatic rings. The predicted octanol–water partition coefficient (Wildman–Crippen LogP) is 3.93. The molecule has 122 valence electrons. The van der Waals surface area contributed by atoms with Crippen LogP contribution in [0.1, 0.15) is 24.0 Å². The standard InChI is InChI=1S/C17H17F3N2O/c1-22(2)21-9-8-13-6-7-14(16(13)23)10-12-4-3-5-15(11-12)17(18,19)20/h3-5,8-11H,6-7H2,1-2H3/b13-8+,14-10+,21-9-. The summed E-state index contributed by atoms with van der Waals surface area (Å²) in [6.07, 6.45) is 1.43. The highest BCUT2D eigenvalue weighted by molar-refractivity contribution is 6.14. The summed E-state index contributed by atoms with van der Waals surface area (Å²) in [5, 5.41) is 5.61. The quantitative estimate of drug-likeness (QED) is 0.480. The van der Waals surface area contributed by atoms with Crippen molar-refractivity contribution in [2.75, 3.05) is 14.1 Å². The average molecular weight is 322 g/mol. The zero-order chi connectivity index (χ0) is 17.0. The van der Waals surface area contributed by atoms with E-state index in [1.165, 1.54) is 12.1 Å². The Bertz CT molecular complexity index is 685. The van der Waals surface area contributed by atoms with Crippen LogP contribution >= 0.6 is 0 Å². The summed E-state index contributed by atoms with van der Waals surface area (Å²) in [5.41, 5.74) is 0.806. The zero-order valence-corrected chi connectivity index (χ0v) is 12.9. The maximum Gasteiger partial charge on any atom is 0.416 e. The first-order valence-electron chi connectivity index (χ1n) is 7.10. The van der Waals surface area contributed by atoms with Gasteiger partial charge in [-0.1, -0.05) is 12.1 Å². The minimum Gasteiger partial charge on any atom is -0.303 e. The van der Waals surface area contributed by atoms with E-state index in [-0.39, 0.29) is 5.78 Å². The SMILES string of the molecule is CN(C)/N=C\C=C1/CC/C(=C\c2cccc(C(F)(F)F)c2)C1=O. The van der Waals surface area contributed by atoms with Crippen LogP contribution < -0.4 is 0 Å². The number of carbonyl (C=O) groups is 1. The molecule has 0 spiro atoms. The Hall–Kier alpha value is -2.37. The lowest BCUT2D eigenvalue weighted by Crippen LogP contribution is -2.04. The molecule has 6 heteroatoms. The topological polar surface area (TPSA) is 32.7 Å². The molecule has 1 fully saturated rings. The van der Waals surface area contributed by atoms with Gasteiger partial charge in [-0.15, -0.1) is 0 Å². The molecule has 23 heavy (non-hydrogen) atoms. The van der Waals surface area contributed by atoms with Gasteiger partial charge in [0.25, 0.3) is 0 Å². The second-order valence-electron chi connectivity index (χ2n) is 5.43. The lowest BCUT2D eigenvalue weighted by atomic mass is 10.1. The first-order chi connectivity index (χ1) is 10.8. The first kappa shape index (κ1) is 17.0. The maximum absolute atomic E-state index is 12.7. The van der Waals surface area contributed by atoms with Crippen LogP contribution in [0.5, 0.6) is 0 Å². The van der Waals surface area contributed by atoms with Crippen LogP contribution in [0, 0.1) is 0 Å². The fourth-order valence-corrected chi connectivity index (χ4v) is 2.26. The molecule has 0 bridgehead atoms. The monoisotopic (exact) mass is 322 g/mol. The van der Waals surface area contributed by atoms with Crippen molar-refractivity contribution in [3.63, 3.8) is 0 Å². The Kier molecular flexibility index (Phi) is 5.03. The average Bonchev–Trinajstić information content (AvgIpc) is 2.79. The molecule has 1 aromatic carbocycles. The molecule has 0 unspecified atom stereocenters. The van der Waals surface area contributed by atoms with Gasteiger partial charge in [0.2, 0.25) is 0 Å². The molecule has 3 nitrogen and oxygen atoms in total. The molecule has 0 amide bonds. The van der Waals surface area contributed by atoms with Crippen molar-refractivity contribution in [1.82, 2.24) is 5.01 Å². The van der Waals surface area contributed by atoms with Crippen LogP contribution in [0.25, 0.3) is 6.08 Å². The summed E-state index contributed by atoms with van der Waals surface area (Å²) in [7, 11) is 3.54. The number of carbonyl (C=O) groups excluding carboxylic acids is 1. The summed E-state index contributed by atoms with van der Waals surface area (Å²) in [5.74, 6) is -0.132. The first-order valence-corrected chi connectivity index (χ1v) is 7.10. The summed E-state index contributed by atoms with van der Waals surface area (Å²) in [6.45, 7) is 0. The highest BCUT2D eigenvalue weighted by Crippen LogP contribution is 2.31. The number of ketones is 1. The number of hydrazone groups is 1. The lowest BCUT2D eigenvalue weighted by molar-refractivity contribution is -0.137. The number of benzene rings is 1. The third kappa shape index (κ3) is 4.55. The Morgan fingerprint density at radius 3 is 2.52 bits per heavy atom. The molecule has 0 aromatic heterocycles. The fourth-order valence-electron chi connectivity index (χ4n) is 2.26. The van der Waals surface area contributed by atoms with Crippen molar-refractivity contribution in [3.05, 3.63) is 52.6 Å². The minimum absolute atomic E-state index is 0.132. The van der Waals surface area contributed by atoms with Gasteiger partial charge < -0.3 is 5.01 Å². The van der Waals surface area contributed by atoms with Crippen molar-refractivity contribution in [3.8, 4) is 0 Å². The molecular formula is C17H17F3N2O. The number of hydrogen-bond donors (Lipinski definition) is 0. The fraction of sp³-hybridized carbons (Fsp3) is 0.294. The van der Waals surface area contributed by atoms with Crippen molar-refractivity contribution < 1.29 is 18.0 Å². The van der Waals surface area contributed by atoms with Gasteiger partial charge >= 0.3 is 6.18 Å². The molecule has 1 aliphatic carbocycles. The molecule has 1 saturated carbocycles. The van der Waals surface area contributed by atoms with Gasteiger partial charge in [-0.05, 0) is 42.7 Å². The van der Waals surface area contributed by atoms with Gasteiger partial charge in [0, 0.05) is 31.5 Å². The van der Waals surface area contributed by atoms with E-state index in [2.05, 4.69) is 5.10 Å². The van der Waals surface area contributed by atoms with E-state index in [0.29, 0.717) is 29.6 Å². The lowest BCUT2D eigenvalue weighted by Gasteiger charge is -2.07. The number of Topliss-reactive ketones (excluding diaryl/α,β-unsaturated/α-hetero) is 1. The van der Waals surface area contributed by atoms with Gasteiger partial charge in [-0.2, -0.15) is 18.3 Å². The molecule has 1 aliphatic rings. The molecule has 0 N–H and O–H groups in total. The maximum atomic E-state index is 12.7. The Balaban J connectivity index is 2.20. The van der Waals surface area contributed by atoms with Crippen LogP contribution in [0.4, 0.5) is 13.2 Å². The van der Waals surface area contributed by atoms with E-state index in [9.17, 15) is 18.0 Å². The van der Waals surface area contributed by atoms with E-state index in [1.807, 2.05) is 0 Å². The number of nitrogens with zero attached hydrogens (tertiary/aromatic N) is 2. The smallest absolute Gasteiger partial charge is 0.303 e. The third-order valence-electron chi connectivity index (χ3n) is 3.38. The number of allylic oxidation sites excluding steroid dienone is 3. The molecule has 0 atom stereocenters. The van der Waals surface area contributed by atoms with E-state index in [0.717, 1.165) is 12.1 Å². The normalized spacial score (nSPS) is 19.3. The minimum atomic E-state index is -4.39. The van der Waals surface area contributed by atoms with Gasteiger partial charge in [0.05, 0.1) is 5.56 Å². The Morgan fingerprint density at radius 2 is 1.87 bits per heavy atom. The van der Waals surface area contributed by atoms with Crippen LogP contribution in [0.15, 0.2) is 46.6 Å². The summed E-state index contributed by atoms with van der Waals surface area (Å²) in [4.78, 5) is 12.2. The van der Waals surface area contributed by atoms with E-state index < -0.39 is 11.7 Å². The molecule has 0 radical (unpaired) electrons. The van der Waals surface area contributed by atoms with Crippen LogP contribution in [-0.2, 0) is 11.0 Å². The summed E-state index contributed by atoms with van der Waals surface area (Å²) >= 11 is 0. The van der Waals surface area contributed by atoms with E-state index in [4.69, 9.17) is 0 Å². The Labute approximate surface area is 132 Å². The van der Waals surface area contributed by atoms with Crippen LogP contribution in [0.3, 0.4) is 0 Å². The molecule has 0 heterocycles. The highest BCUT2D eigenvalue weighted by Gasteiger charge is 2.30. The zero-order valence-electron chi connectivity index (χ0n) is 12.9. The van der Waals surface area contributed by atoms with Gasteiger partial charge in [-0.3, -0.25) is 4.79 Å². The molecule has 0 saturated heterocycles. The number of halogens is 3. The van der Waals surface area contributed by atoms with Gasteiger partial charge in [0.1, 0.15) is 0 Å². The Morgan fingerprint density at radius 1 is 1.17 bits per heavy atom. The van der Waals surface area contributed by atoms with Crippen molar-refractivity contribution in [2.24, 2.45) is 5.10 Å². The number of hydrogen-bond acceptors (Lipinski definition) is 3. The second-order valence-corrected chi connectivity index (χ2v) is 5.43. The van der Waals surface area contributed by atoms with Crippen LogP contribution in [0.2, 0.25) is 0 Å². The van der Waals surface area contributed by atoms with Crippen LogP contribution in [-0.4, -0.2) is 31.1 Å². The van der Waals surface area contributed by atoms with Crippen molar-refractivity contribution >= 4 is 18.1 Å². The summed E-state index contributed by atoms with van der Waals surface area (Å²) < 4.78 is 38.1. The van der Waals surface area contributed by atoms with E-state index in [1.54, 1.807) is 37.5 Å². The largest absolute Gasteiger partial charge is 0.416 e. The summed E-state index contributed by atoms with van der Waals surface area (Å²) in [6, 6.07) is 4.97. The molecule has 2 rings (SSSR count). The predicted molar refractivity (Wildman–Crippen MR) is 83.9 cm³/mol. The third-order valence-corrected chi connectivity index (χ3v) is 3.38. The second kappa shape index (κ2) is 6.81. The number of alkyl halides is 3. The van der Waals surface area contributed by atoms with Gasteiger partial charge in [-0.25, -0.2) is 0 Å². The van der Waals surface area contributed by atoms with Gasteiger partial charge in [0.15, 0.2) is 5.78 Å².